The van der Waals surface area contributed by atoms with E-state index in [9.17, 15) is 4.39 Å². The molecular formula is C13H9ClFN3. The van der Waals surface area contributed by atoms with Crippen LogP contribution in [0.1, 0.15) is 5.56 Å². The van der Waals surface area contributed by atoms with Gasteiger partial charge in [0, 0.05) is 11.2 Å². The highest BCUT2D eigenvalue weighted by molar-refractivity contribution is 6.31. The first kappa shape index (κ1) is 11.2. The molecule has 0 spiro atoms. The van der Waals surface area contributed by atoms with Crippen molar-refractivity contribution >= 4 is 22.6 Å². The lowest BCUT2D eigenvalue weighted by atomic mass is 10.2. The van der Waals surface area contributed by atoms with E-state index < -0.39 is 0 Å². The van der Waals surface area contributed by atoms with Crippen molar-refractivity contribution in [2.24, 2.45) is 0 Å². The van der Waals surface area contributed by atoms with Crippen molar-refractivity contribution < 1.29 is 4.39 Å². The summed E-state index contributed by atoms with van der Waals surface area (Å²) in [6.07, 6.45) is 3.42. The standard InChI is InChI=1S/C13H9ClFN3/c14-11-6-10(15)4-3-9(11)8-18-13-2-1-5-16-12(13)7-17-18/h1-7H,8H2. The van der Waals surface area contributed by atoms with Gasteiger partial charge in [0.1, 0.15) is 11.3 Å². The Balaban J connectivity index is 2.01. The van der Waals surface area contributed by atoms with E-state index in [0.29, 0.717) is 11.6 Å². The summed E-state index contributed by atoms with van der Waals surface area (Å²) >= 11 is 6.00. The van der Waals surface area contributed by atoms with Crippen molar-refractivity contribution in [2.75, 3.05) is 0 Å². The van der Waals surface area contributed by atoms with Crippen molar-refractivity contribution in [3.63, 3.8) is 0 Å². The van der Waals surface area contributed by atoms with Crippen molar-refractivity contribution in [3.8, 4) is 0 Å². The van der Waals surface area contributed by atoms with Crippen LogP contribution in [0, 0.1) is 5.82 Å². The minimum atomic E-state index is -0.337. The second-order valence-electron chi connectivity index (χ2n) is 3.95. The number of benzene rings is 1. The third-order valence-electron chi connectivity index (χ3n) is 2.75. The van der Waals surface area contributed by atoms with Gasteiger partial charge in [-0.3, -0.25) is 9.67 Å². The van der Waals surface area contributed by atoms with Gasteiger partial charge in [-0.2, -0.15) is 5.10 Å². The predicted octanol–water partition coefficient (Wildman–Crippen LogP) is 3.27. The van der Waals surface area contributed by atoms with E-state index in [1.807, 2.05) is 12.1 Å². The average molecular weight is 262 g/mol. The maximum atomic E-state index is 13.0. The Hall–Kier alpha value is -1.94. The van der Waals surface area contributed by atoms with Crippen molar-refractivity contribution in [3.05, 3.63) is 59.1 Å². The molecule has 0 saturated carbocycles. The zero-order chi connectivity index (χ0) is 12.5. The highest BCUT2D eigenvalue weighted by Gasteiger charge is 2.07. The maximum Gasteiger partial charge on any atom is 0.124 e. The molecule has 1 aromatic carbocycles. The van der Waals surface area contributed by atoms with Crippen molar-refractivity contribution in [1.82, 2.24) is 14.8 Å². The molecule has 0 saturated heterocycles. The van der Waals surface area contributed by atoms with Crippen molar-refractivity contribution in [2.45, 2.75) is 6.54 Å². The van der Waals surface area contributed by atoms with Crippen LogP contribution in [-0.4, -0.2) is 14.8 Å². The molecule has 0 N–H and O–H groups in total. The second-order valence-corrected chi connectivity index (χ2v) is 4.35. The molecule has 0 unspecified atom stereocenters. The molecule has 90 valence electrons. The van der Waals surface area contributed by atoms with Crippen LogP contribution >= 0.6 is 11.6 Å². The molecule has 0 bridgehead atoms. The number of halogens is 2. The molecule has 3 aromatic rings. The minimum Gasteiger partial charge on any atom is -0.259 e. The first-order valence-corrected chi connectivity index (χ1v) is 5.82. The lowest BCUT2D eigenvalue weighted by Gasteiger charge is -2.05. The molecule has 0 aliphatic heterocycles. The zero-order valence-corrected chi connectivity index (χ0v) is 10.1. The summed E-state index contributed by atoms with van der Waals surface area (Å²) in [5, 5.41) is 4.66. The van der Waals surface area contributed by atoms with Gasteiger partial charge in [-0.25, -0.2) is 4.39 Å². The topological polar surface area (TPSA) is 30.7 Å². The number of fused-ring (bicyclic) bond motifs is 1. The number of hydrogen-bond acceptors (Lipinski definition) is 2. The largest absolute Gasteiger partial charge is 0.259 e. The average Bonchev–Trinajstić information content (AvgIpc) is 2.76. The van der Waals surface area contributed by atoms with Gasteiger partial charge in [0.2, 0.25) is 0 Å². The van der Waals surface area contributed by atoms with Gasteiger partial charge in [0.05, 0.1) is 18.3 Å². The normalized spacial score (nSPS) is 11.0. The van der Waals surface area contributed by atoms with Crippen LogP contribution in [0.2, 0.25) is 5.02 Å². The maximum absolute atomic E-state index is 13.0. The lowest BCUT2D eigenvalue weighted by molar-refractivity contribution is 0.625. The van der Waals surface area contributed by atoms with Gasteiger partial charge in [0.25, 0.3) is 0 Å². The minimum absolute atomic E-state index is 0.337. The van der Waals surface area contributed by atoms with Crippen molar-refractivity contribution in [1.29, 1.82) is 0 Å². The van der Waals surface area contributed by atoms with E-state index in [1.165, 1.54) is 12.1 Å². The van der Waals surface area contributed by atoms with Gasteiger partial charge in [-0.15, -0.1) is 0 Å². The molecule has 0 amide bonds. The van der Waals surface area contributed by atoms with E-state index >= 15 is 0 Å². The summed E-state index contributed by atoms with van der Waals surface area (Å²) < 4.78 is 14.8. The monoisotopic (exact) mass is 261 g/mol. The molecule has 0 atom stereocenters. The van der Waals surface area contributed by atoms with Gasteiger partial charge >= 0.3 is 0 Å². The van der Waals surface area contributed by atoms with E-state index in [1.54, 1.807) is 23.1 Å². The van der Waals surface area contributed by atoms with Crippen LogP contribution in [0.5, 0.6) is 0 Å². The van der Waals surface area contributed by atoms with E-state index in [4.69, 9.17) is 11.6 Å². The molecule has 18 heavy (non-hydrogen) atoms. The first-order valence-electron chi connectivity index (χ1n) is 5.44. The quantitative estimate of drug-likeness (QED) is 0.709. The van der Waals surface area contributed by atoms with Crippen LogP contribution in [0.25, 0.3) is 11.0 Å². The fourth-order valence-corrected chi connectivity index (χ4v) is 2.08. The fraction of sp³-hybridized carbons (Fsp3) is 0.0769. The third kappa shape index (κ3) is 1.95. The lowest BCUT2D eigenvalue weighted by Crippen LogP contribution is -2.02. The molecular weight excluding hydrogens is 253 g/mol. The molecule has 2 aromatic heterocycles. The van der Waals surface area contributed by atoms with Gasteiger partial charge in [-0.1, -0.05) is 17.7 Å². The highest BCUT2D eigenvalue weighted by Crippen LogP contribution is 2.20. The Labute approximate surface area is 108 Å². The molecule has 5 heteroatoms. The first-order chi connectivity index (χ1) is 8.74. The number of rotatable bonds is 2. The summed E-state index contributed by atoms with van der Waals surface area (Å²) in [5.74, 6) is -0.337. The molecule has 0 fully saturated rings. The Morgan fingerprint density at radius 2 is 2.17 bits per heavy atom. The molecule has 0 aliphatic carbocycles. The molecule has 3 rings (SSSR count). The Morgan fingerprint density at radius 1 is 1.28 bits per heavy atom. The predicted molar refractivity (Wildman–Crippen MR) is 68.0 cm³/mol. The third-order valence-corrected chi connectivity index (χ3v) is 3.10. The van der Waals surface area contributed by atoms with Gasteiger partial charge < -0.3 is 0 Å². The molecule has 2 heterocycles. The molecule has 0 aliphatic rings. The van der Waals surface area contributed by atoms with E-state index in [0.717, 1.165) is 16.6 Å². The van der Waals surface area contributed by atoms with Crippen LogP contribution in [0.4, 0.5) is 4.39 Å². The van der Waals surface area contributed by atoms with Gasteiger partial charge in [-0.05, 0) is 29.8 Å². The van der Waals surface area contributed by atoms with Crippen LogP contribution < -0.4 is 0 Å². The number of pyridine rings is 1. The van der Waals surface area contributed by atoms with E-state index in [2.05, 4.69) is 10.1 Å². The van der Waals surface area contributed by atoms with E-state index in [-0.39, 0.29) is 5.82 Å². The zero-order valence-electron chi connectivity index (χ0n) is 9.35. The smallest absolute Gasteiger partial charge is 0.124 e. The Bertz CT molecular complexity index is 708. The Morgan fingerprint density at radius 3 is 3.00 bits per heavy atom. The SMILES string of the molecule is Fc1ccc(Cn2ncc3ncccc32)c(Cl)c1. The fourth-order valence-electron chi connectivity index (χ4n) is 1.85. The highest BCUT2D eigenvalue weighted by atomic mass is 35.5. The number of hydrogen-bond donors (Lipinski definition) is 0. The summed E-state index contributed by atoms with van der Waals surface area (Å²) in [6, 6.07) is 8.16. The number of nitrogens with zero attached hydrogens (tertiary/aromatic N) is 3. The summed E-state index contributed by atoms with van der Waals surface area (Å²) in [7, 11) is 0. The van der Waals surface area contributed by atoms with Crippen LogP contribution in [-0.2, 0) is 6.54 Å². The summed E-state index contributed by atoms with van der Waals surface area (Å²) in [6.45, 7) is 0.494. The second kappa shape index (κ2) is 4.38. The Kier molecular flexibility index (Phi) is 2.72. The summed E-state index contributed by atoms with van der Waals surface area (Å²) in [4.78, 5) is 4.20. The number of aromatic nitrogens is 3. The van der Waals surface area contributed by atoms with Crippen LogP contribution in [0.15, 0.2) is 42.7 Å². The van der Waals surface area contributed by atoms with Gasteiger partial charge in [0.15, 0.2) is 0 Å². The molecule has 3 nitrogen and oxygen atoms in total. The molecule has 0 radical (unpaired) electrons. The summed E-state index contributed by atoms with van der Waals surface area (Å²) in [5.41, 5.74) is 2.58. The van der Waals surface area contributed by atoms with Crippen LogP contribution in [0.3, 0.4) is 0 Å².